The molecule has 1 N–H and O–H groups in total. The van der Waals surface area contributed by atoms with Gasteiger partial charge in [0, 0.05) is 0 Å². The second kappa shape index (κ2) is 2.37. The van der Waals surface area contributed by atoms with Gasteiger partial charge in [-0.3, -0.25) is 0 Å². The van der Waals surface area contributed by atoms with Gasteiger partial charge in [-0.2, -0.15) is 17.6 Å². The lowest BCUT2D eigenvalue weighted by Gasteiger charge is -2.15. The Morgan fingerprint density at radius 1 is 1.30 bits per heavy atom. The number of hydrogen-bond acceptors (Lipinski definition) is 1. The summed E-state index contributed by atoms with van der Waals surface area (Å²) in [5.41, 5.74) is 0. The summed E-state index contributed by atoms with van der Waals surface area (Å²) in [5.74, 6) is -7.93. The Bertz CT molecular complexity index is 151. The van der Waals surface area contributed by atoms with Crippen LogP contribution in [0.5, 0.6) is 0 Å². The summed E-state index contributed by atoms with van der Waals surface area (Å²) in [6.07, 6.45) is 0. The van der Waals surface area contributed by atoms with E-state index in [0.717, 1.165) is 0 Å². The van der Waals surface area contributed by atoms with Crippen LogP contribution in [0.1, 0.15) is 0 Å². The summed E-state index contributed by atoms with van der Waals surface area (Å²) < 4.78 is 46.4. The maximum absolute atomic E-state index is 11.7. The first-order chi connectivity index (χ1) is 4.19. The van der Waals surface area contributed by atoms with Crippen molar-refractivity contribution in [3.8, 4) is 0 Å². The van der Waals surface area contributed by atoms with E-state index in [0.29, 0.717) is 0 Å². The Balaban J connectivity index is 4.57. The molecule has 60 valence electrons. The zero-order valence-electron chi connectivity index (χ0n) is 4.25. The summed E-state index contributed by atoms with van der Waals surface area (Å²) in [6, 6.07) is 0. The standard InChI is InChI=1S/C3HBrF4O2/c4-3(7,8)2(5,6)1(9)10/h(H,9,10). The molecule has 0 bridgehead atoms. The molecule has 0 radical (unpaired) electrons. The van der Waals surface area contributed by atoms with Crippen LogP contribution in [0.2, 0.25) is 0 Å². The molecule has 0 saturated heterocycles. The topological polar surface area (TPSA) is 37.3 Å². The third kappa shape index (κ3) is 1.59. The van der Waals surface area contributed by atoms with E-state index < -0.39 is 16.7 Å². The second-order valence-corrected chi connectivity index (χ2v) is 2.37. The van der Waals surface area contributed by atoms with Crippen LogP contribution in [-0.4, -0.2) is 21.8 Å². The minimum atomic E-state index is -5.06. The van der Waals surface area contributed by atoms with Crippen molar-refractivity contribution in [2.24, 2.45) is 0 Å². The fourth-order valence-electron chi connectivity index (χ4n) is 0.121. The van der Waals surface area contributed by atoms with Crippen molar-refractivity contribution in [3.05, 3.63) is 0 Å². The number of carbonyl (C=O) groups is 1. The molecule has 0 unspecified atom stereocenters. The summed E-state index contributed by atoms with van der Waals surface area (Å²) in [5, 5.41) is 7.52. The van der Waals surface area contributed by atoms with Gasteiger partial charge in [-0.05, 0) is 15.9 Å². The van der Waals surface area contributed by atoms with Gasteiger partial charge < -0.3 is 5.11 Å². The van der Waals surface area contributed by atoms with Crippen LogP contribution >= 0.6 is 15.9 Å². The van der Waals surface area contributed by atoms with Crippen molar-refractivity contribution in [2.45, 2.75) is 10.8 Å². The number of rotatable bonds is 2. The normalized spacial score (nSPS) is 13.3. The first kappa shape index (κ1) is 9.67. The van der Waals surface area contributed by atoms with E-state index in [1.165, 1.54) is 15.9 Å². The predicted molar refractivity (Wildman–Crippen MR) is 26.5 cm³/mol. The number of halogens is 5. The molecule has 0 atom stereocenters. The zero-order chi connectivity index (χ0) is 8.58. The van der Waals surface area contributed by atoms with E-state index in [2.05, 4.69) is 0 Å². The van der Waals surface area contributed by atoms with Crippen molar-refractivity contribution < 1.29 is 27.5 Å². The fraction of sp³-hybridized carbons (Fsp3) is 0.667. The molecule has 0 saturated carbocycles. The zero-order valence-corrected chi connectivity index (χ0v) is 5.83. The van der Waals surface area contributed by atoms with E-state index in [9.17, 15) is 22.4 Å². The predicted octanol–water partition coefficient (Wildman–Crippen LogP) is 1.69. The van der Waals surface area contributed by atoms with Crippen molar-refractivity contribution >= 4 is 21.9 Å². The molecule has 0 aliphatic rings. The van der Waals surface area contributed by atoms with Gasteiger partial charge in [0.25, 0.3) is 0 Å². The third-order valence-electron chi connectivity index (χ3n) is 0.625. The quantitative estimate of drug-likeness (QED) is 0.573. The fourth-order valence-corrected chi connectivity index (χ4v) is 0.291. The van der Waals surface area contributed by atoms with Gasteiger partial charge >= 0.3 is 16.7 Å². The minimum Gasteiger partial charge on any atom is -0.477 e. The maximum atomic E-state index is 11.7. The molecule has 0 spiro atoms. The Morgan fingerprint density at radius 3 is 1.60 bits per heavy atom. The van der Waals surface area contributed by atoms with E-state index in [1.54, 1.807) is 0 Å². The first-order valence-electron chi connectivity index (χ1n) is 1.87. The van der Waals surface area contributed by atoms with E-state index in [4.69, 9.17) is 5.11 Å². The average molecular weight is 225 g/mol. The van der Waals surface area contributed by atoms with Crippen LogP contribution in [0, 0.1) is 0 Å². The van der Waals surface area contributed by atoms with Gasteiger partial charge in [0.1, 0.15) is 0 Å². The number of aliphatic carboxylic acids is 1. The highest BCUT2D eigenvalue weighted by atomic mass is 79.9. The number of alkyl halides is 5. The van der Waals surface area contributed by atoms with Gasteiger partial charge in [-0.15, -0.1) is 0 Å². The molecule has 7 heteroatoms. The molecule has 0 aromatic carbocycles. The lowest BCUT2D eigenvalue weighted by Crippen LogP contribution is -2.42. The summed E-state index contributed by atoms with van der Waals surface area (Å²) >= 11 is 1.24. The molecular formula is C3HBrF4O2. The molecule has 0 rings (SSSR count). The maximum Gasteiger partial charge on any atom is 0.414 e. The van der Waals surface area contributed by atoms with Crippen LogP contribution < -0.4 is 0 Å². The smallest absolute Gasteiger partial charge is 0.414 e. The highest BCUT2D eigenvalue weighted by Crippen LogP contribution is 2.39. The summed E-state index contributed by atoms with van der Waals surface area (Å²) in [4.78, 5) is 4.71. The lowest BCUT2D eigenvalue weighted by atomic mass is 10.4. The highest BCUT2D eigenvalue weighted by Gasteiger charge is 2.61. The first-order valence-corrected chi connectivity index (χ1v) is 2.67. The van der Waals surface area contributed by atoms with Crippen molar-refractivity contribution in [2.75, 3.05) is 0 Å². The Morgan fingerprint density at radius 2 is 1.60 bits per heavy atom. The van der Waals surface area contributed by atoms with Crippen molar-refractivity contribution in [1.82, 2.24) is 0 Å². The van der Waals surface area contributed by atoms with Gasteiger partial charge in [-0.1, -0.05) is 0 Å². The molecule has 0 amide bonds. The largest absolute Gasteiger partial charge is 0.477 e. The van der Waals surface area contributed by atoms with E-state index in [-0.39, 0.29) is 0 Å². The van der Waals surface area contributed by atoms with Crippen molar-refractivity contribution in [3.63, 3.8) is 0 Å². The Kier molecular flexibility index (Phi) is 2.29. The molecule has 2 nitrogen and oxygen atoms in total. The highest BCUT2D eigenvalue weighted by molar-refractivity contribution is 9.10. The Hall–Kier alpha value is -0.330. The van der Waals surface area contributed by atoms with Gasteiger partial charge in [0.05, 0.1) is 0 Å². The lowest BCUT2D eigenvalue weighted by molar-refractivity contribution is -0.193. The summed E-state index contributed by atoms with van der Waals surface area (Å²) in [7, 11) is 0. The molecule has 0 fully saturated rings. The van der Waals surface area contributed by atoms with Crippen LogP contribution in [0.3, 0.4) is 0 Å². The second-order valence-electron chi connectivity index (χ2n) is 1.38. The molecule has 0 heterocycles. The molecule has 0 aromatic rings. The molecule has 0 aliphatic heterocycles. The van der Waals surface area contributed by atoms with Crippen LogP contribution in [0.25, 0.3) is 0 Å². The molecule has 0 aromatic heterocycles. The Labute approximate surface area is 61.0 Å². The van der Waals surface area contributed by atoms with E-state index in [1.807, 2.05) is 0 Å². The molecule has 10 heavy (non-hydrogen) atoms. The summed E-state index contributed by atoms with van der Waals surface area (Å²) in [6.45, 7) is 0. The van der Waals surface area contributed by atoms with Crippen molar-refractivity contribution in [1.29, 1.82) is 0 Å². The van der Waals surface area contributed by atoms with Gasteiger partial charge in [0.15, 0.2) is 0 Å². The molecule has 0 aliphatic carbocycles. The van der Waals surface area contributed by atoms with Crippen LogP contribution in [0.4, 0.5) is 17.6 Å². The van der Waals surface area contributed by atoms with Gasteiger partial charge in [0.2, 0.25) is 0 Å². The average Bonchev–Trinajstić information content (AvgIpc) is 1.62. The van der Waals surface area contributed by atoms with Crippen LogP contribution in [0.15, 0.2) is 0 Å². The van der Waals surface area contributed by atoms with E-state index >= 15 is 0 Å². The van der Waals surface area contributed by atoms with Gasteiger partial charge in [-0.25, -0.2) is 4.79 Å². The monoisotopic (exact) mass is 224 g/mol. The number of carboxylic acids is 1. The SMILES string of the molecule is O=C(O)C(F)(F)C(F)(F)Br. The van der Waals surface area contributed by atoms with Crippen LogP contribution in [-0.2, 0) is 4.79 Å². The minimum absolute atomic E-state index is 1.24. The third-order valence-corrected chi connectivity index (χ3v) is 1.12. The molecular weight excluding hydrogens is 224 g/mol. The number of carboxylic acid groups (broad SMARTS) is 1. The number of hydrogen-bond donors (Lipinski definition) is 1.